The van der Waals surface area contributed by atoms with Gasteiger partial charge in [-0.2, -0.15) is 4.72 Å². The second kappa shape index (κ2) is 5.41. The predicted octanol–water partition coefficient (Wildman–Crippen LogP) is 1.35. The molecule has 1 aromatic carbocycles. The van der Waals surface area contributed by atoms with Crippen LogP contribution >= 0.6 is 0 Å². The van der Waals surface area contributed by atoms with Crippen LogP contribution in [-0.2, 0) is 14.8 Å². The van der Waals surface area contributed by atoms with Gasteiger partial charge in [0.05, 0.1) is 9.82 Å². The van der Waals surface area contributed by atoms with Crippen LogP contribution in [0.1, 0.15) is 25.0 Å². The lowest BCUT2D eigenvalue weighted by Gasteiger charge is -2.21. The van der Waals surface area contributed by atoms with Crippen LogP contribution in [0.4, 0.5) is 5.69 Å². The molecule has 0 aromatic heterocycles. The molecule has 0 atom stereocenters. The average Bonchev–Trinajstić information content (AvgIpc) is 2.30. The van der Waals surface area contributed by atoms with Crippen molar-refractivity contribution in [3.8, 4) is 0 Å². The number of nitrogens with one attached hydrogen (secondary N) is 1. The van der Waals surface area contributed by atoms with Crippen LogP contribution < -0.4 is 4.72 Å². The van der Waals surface area contributed by atoms with Crippen molar-refractivity contribution in [2.24, 2.45) is 0 Å². The Balaban J connectivity index is 3.45. The van der Waals surface area contributed by atoms with Gasteiger partial charge in [0, 0.05) is 12.1 Å². The van der Waals surface area contributed by atoms with Crippen molar-refractivity contribution >= 4 is 21.7 Å². The molecule has 2 N–H and O–H groups in total. The molecule has 1 rings (SSSR count). The predicted molar refractivity (Wildman–Crippen MR) is 74.6 cm³/mol. The third-order valence-electron chi connectivity index (χ3n) is 3.03. The van der Waals surface area contributed by atoms with Gasteiger partial charge in [-0.3, -0.25) is 14.9 Å². The number of non-ortho nitro benzene ring substituents is 1. The summed E-state index contributed by atoms with van der Waals surface area (Å²) >= 11 is 0. The quantitative estimate of drug-likeness (QED) is 0.623. The summed E-state index contributed by atoms with van der Waals surface area (Å²) in [5.41, 5.74) is -1.34. The largest absolute Gasteiger partial charge is 0.480 e. The molecule has 8 nitrogen and oxygen atoms in total. The fourth-order valence-corrected chi connectivity index (χ4v) is 3.34. The Morgan fingerprint density at radius 2 is 1.86 bits per heavy atom. The molecule has 0 radical (unpaired) electrons. The van der Waals surface area contributed by atoms with Crippen molar-refractivity contribution < 1.29 is 23.2 Å². The molecule has 1 aromatic rings. The van der Waals surface area contributed by atoms with Gasteiger partial charge in [-0.25, -0.2) is 8.42 Å². The molecule has 9 heteroatoms. The van der Waals surface area contributed by atoms with Crippen LogP contribution in [0.3, 0.4) is 0 Å². The molecule has 0 saturated carbocycles. The normalized spacial score (nSPS) is 12.2. The number of carboxylic acids is 1. The zero-order chi connectivity index (χ0) is 16.6. The van der Waals surface area contributed by atoms with E-state index < -0.39 is 26.5 Å². The average molecular weight is 316 g/mol. The fraction of sp³-hybridized carbons (Fsp3) is 0.417. The van der Waals surface area contributed by atoms with Crippen molar-refractivity contribution in [3.05, 3.63) is 33.4 Å². The number of aliphatic carboxylic acids is 1. The molecule has 0 heterocycles. The molecule has 116 valence electrons. The van der Waals surface area contributed by atoms with Gasteiger partial charge in [-0.15, -0.1) is 0 Å². The Kier molecular flexibility index (Phi) is 4.40. The van der Waals surface area contributed by atoms with E-state index in [0.717, 1.165) is 6.07 Å². The summed E-state index contributed by atoms with van der Waals surface area (Å²) in [5.74, 6) is -1.36. The number of rotatable bonds is 5. The van der Waals surface area contributed by atoms with Crippen LogP contribution in [0.5, 0.6) is 0 Å². The van der Waals surface area contributed by atoms with Gasteiger partial charge >= 0.3 is 5.97 Å². The highest BCUT2D eigenvalue weighted by Crippen LogP contribution is 2.26. The number of nitrogens with zero attached hydrogens (tertiary/aromatic N) is 1. The Hall–Kier alpha value is -2.00. The monoisotopic (exact) mass is 316 g/mol. The molecule has 0 aliphatic rings. The Labute approximate surface area is 122 Å². The summed E-state index contributed by atoms with van der Waals surface area (Å²) < 4.78 is 26.6. The van der Waals surface area contributed by atoms with E-state index in [1.165, 1.54) is 26.8 Å². The number of nitro benzene ring substituents is 1. The number of aryl methyl sites for hydroxylation is 1. The van der Waals surface area contributed by atoms with E-state index in [1.807, 2.05) is 4.72 Å². The van der Waals surface area contributed by atoms with Gasteiger partial charge in [-0.1, -0.05) is 0 Å². The van der Waals surface area contributed by atoms with Crippen molar-refractivity contribution in [1.82, 2.24) is 4.72 Å². The lowest BCUT2D eigenvalue weighted by molar-refractivity contribution is -0.385. The van der Waals surface area contributed by atoms with E-state index >= 15 is 0 Å². The molecular formula is C12H16N2O6S. The van der Waals surface area contributed by atoms with Crippen molar-refractivity contribution in [2.75, 3.05) is 0 Å². The zero-order valence-electron chi connectivity index (χ0n) is 12.0. The summed E-state index contributed by atoms with van der Waals surface area (Å²) in [5, 5.41) is 19.8. The van der Waals surface area contributed by atoms with E-state index in [2.05, 4.69) is 0 Å². The minimum absolute atomic E-state index is 0.302. The Bertz CT molecular complexity index is 709. The topological polar surface area (TPSA) is 127 Å². The summed E-state index contributed by atoms with van der Waals surface area (Å²) in [6.45, 7) is 5.42. The third kappa shape index (κ3) is 3.56. The Morgan fingerprint density at radius 3 is 2.29 bits per heavy atom. The van der Waals surface area contributed by atoms with Crippen LogP contribution in [0.15, 0.2) is 17.0 Å². The molecular weight excluding hydrogens is 300 g/mol. The number of carboxylic acid groups (broad SMARTS) is 1. The van der Waals surface area contributed by atoms with Crippen molar-refractivity contribution in [2.45, 2.75) is 38.1 Å². The first-order chi connectivity index (χ1) is 9.38. The van der Waals surface area contributed by atoms with E-state index in [1.54, 1.807) is 6.92 Å². The second-order valence-electron chi connectivity index (χ2n) is 5.18. The molecule has 0 fully saturated rings. The van der Waals surface area contributed by atoms with Crippen molar-refractivity contribution in [3.63, 3.8) is 0 Å². The fourth-order valence-electron chi connectivity index (χ4n) is 1.63. The lowest BCUT2D eigenvalue weighted by atomic mass is 10.1. The Morgan fingerprint density at radius 1 is 1.33 bits per heavy atom. The van der Waals surface area contributed by atoms with Gasteiger partial charge in [0.2, 0.25) is 10.0 Å². The number of nitro groups is 1. The van der Waals surface area contributed by atoms with E-state index in [4.69, 9.17) is 5.11 Å². The number of carbonyl (C=O) groups is 1. The smallest absolute Gasteiger partial charge is 0.324 e. The maximum Gasteiger partial charge on any atom is 0.324 e. The summed E-state index contributed by atoms with van der Waals surface area (Å²) in [6.07, 6.45) is 0. The maximum atomic E-state index is 12.3. The van der Waals surface area contributed by atoms with Crippen LogP contribution in [-0.4, -0.2) is 30.0 Å². The first-order valence-corrected chi connectivity index (χ1v) is 7.40. The number of benzene rings is 1. The number of sulfonamides is 1. The highest BCUT2D eigenvalue weighted by Gasteiger charge is 2.34. The highest BCUT2D eigenvalue weighted by molar-refractivity contribution is 7.89. The highest BCUT2D eigenvalue weighted by atomic mass is 32.2. The summed E-state index contributed by atoms with van der Waals surface area (Å²) in [4.78, 5) is 20.9. The second-order valence-corrected chi connectivity index (χ2v) is 6.83. The van der Waals surface area contributed by atoms with Crippen LogP contribution in [0, 0.1) is 24.0 Å². The lowest BCUT2D eigenvalue weighted by Crippen LogP contribution is -2.49. The standard InChI is InChI=1S/C12H16N2O6S/c1-7-5-9(14(17)18)6-10(8(7)2)21(19,20)13-12(3,4)11(15)16/h5-6,13H,1-4H3,(H,15,16). The van der Waals surface area contributed by atoms with Crippen LogP contribution in [0.25, 0.3) is 0 Å². The molecule has 0 saturated heterocycles. The minimum Gasteiger partial charge on any atom is -0.480 e. The zero-order valence-corrected chi connectivity index (χ0v) is 12.8. The van der Waals surface area contributed by atoms with Gasteiger partial charge in [0.15, 0.2) is 0 Å². The van der Waals surface area contributed by atoms with Gasteiger partial charge in [0.25, 0.3) is 5.69 Å². The van der Waals surface area contributed by atoms with Gasteiger partial charge < -0.3 is 5.11 Å². The molecule has 0 aliphatic heterocycles. The molecule has 0 amide bonds. The molecule has 21 heavy (non-hydrogen) atoms. The van der Waals surface area contributed by atoms with E-state index in [9.17, 15) is 23.3 Å². The molecule has 0 bridgehead atoms. The molecule has 0 unspecified atom stereocenters. The minimum atomic E-state index is -4.21. The SMILES string of the molecule is Cc1cc([N+](=O)[O-])cc(S(=O)(=O)NC(C)(C)C(=O)O)c1C. The summed E-state index contributed by atoms with van der Waals surface area (Å²) in [7, 11) is -4.21. The maximum absolute atomic E-state index is 12.3. The van der Waals surface area contributed by atoms with Gasteiger partial charge in [0.1, 0.15) is 5.54 Å². The van der Waals surface area contributed by atoms with E-state index in [0.29, 0.717) is 11.1 Å². The third-order valence-corrected chi connectivity index (χ3v) is 4.81. The van der Waals surface area contributed by atoms with Crippen molar-refractivity contribution in [1.29, 1.82) is 0 Å². The van der Waals surface area contributed by atoms with Gasteiger partial charge in [-0.05, 0) is 38.8 Å². The molecule has 0 spiro atoms. The first-order valence-electron chi connectivity index (χ1n) is 5.91. The molecule has 0 aliphatic carbocycles. The van der Waals surface area contributed by atoms with E-state index in [-0.39, 0.29) is 10.6 Å². The number of hydrogen-bond donors (Lipinski definition) is 2. The first kappa shape index (κ1) is 17.1. The number of hydrogen-bond acceptors (Lipinski definition) is 5. The summed E-state index contributed by atoms with van der Waals surface area (Å²) in [6, 6.07) is 2.18. The van der Waals surface area contributed by atoms with Crippen LogP contribution in [0.2, 0.25) is 0 Å².